The Hall–Kier alpha value is -2.51. The second kappa shape index (κ2) is 7.39. The average molecular weight is 371 g/mol. The molecule has 1 amide bonds. The maximum Gasteiger partial charge on any atom is 0.293 e. The minimum atomic E-state index is -0.343. The van der Waals surface area contributed by atoms with Gasteiger partial charge in [0.25, 0.3) is 5.91 Å². The zero-order valence-corrected chi connectivity index (χ0v) is 14.8. The highest BCUT2D eigenvalue weighted by Gasteiger charge is 2.19. The van der Waals surface area contributed by atoms with E-state index in [4.69, 9.17) is 4.42 Å². The number of hydrogen-bond acceptors (Lipinski definition) is 5. The first-order valence-corrected chi connectivity index (χ1v) is 9.34. The van der Waals surface area contributed by atoms with E-state index in [-0.39, 0.29) is 17.5 Å². The summed E-state index contributed by atoms with van der Waals surface area (Å²) < 4.78 is 18.6. The van der Waals surface area contributed by atoms with Crippen LogP contribution in [0.2, 0.25) is 0 Å². The van der Waals surface area contributed by atoms with Crippen LogP contribution in [-0.4, -0.2) is 24.0 Å². The number of benzene rings is 1. The van der Waals surface area contributed by atoms with Gasteiger partial charge in [-0.25, -0.2) is 9.37 Å². The molecule has 3 heterocycles. The standard InChI is InChI=1S/C19H18FN3O2S/c20-14-3-1-12(2-4-14)15-5-6-16(25-15)18(24)23-19-22-11-17(26-19)13-7-9-21-10-8-13/h1-6,11,13,21H,7-10H2,(H,22,23,24). The van der Waals surface area contributed by atoms with Crippen molar-refractivity contribution in [1.29, 1.82) is 0 Å². The zero-order chi connectivity index (χ0) is 17.9. The van der Waals surface area contributed by atoms with Gasteiger partial charge in [-0.05, 0) is 68.2 Å². The summed E-state index contributed by atoms with van der Waals surface area (Å²) in [5.74, 6) is 0.567. The summed E-state index contributed by atoms with van der Waals surface area (Å²) in [6, 6.07) is 9.24. The Labute approximate surface area is 154 Å². The highest BCUT2D eigenvalue weighted by atomic mass is 32.1. The normalized spacial score (nSPS) is 15.1. The van der Waals surface area contributed by atoms with E-state index in [1.54, 1.807) is 24.3 Å². The van der Waals surface area contributed by atoms with E-state index in [1.807, 2.05) is 6.20 Å². The zero-order valence-electron chi connectivity index (χ0n) is 14.0. The molecular formula is C19H18FN3O2S. The van der Waals surface area contributed by atoms with E-state index in [0.29, 0.717) is 22.4 Å². The van der Waals surface area contributed by atoms with Crippen molar-refractivity contribution in [2.24, 2.45) is 0 Å². The van der Waals surface area contributed by atoms with Gasteiger partial charge < -0.3 is 9.73 Å². The van der Waals surface area contributed by atoms with E-state index >= 15 is 0 Å². The summed E-state index contributed by atoms with van der Waals surface area (Å²) in [4.78, 5) is 17.9. The molecule has 0 radical (unpaired) electrons. The summed E-state index contributed by atoms with van der Waals surface area (Å²) in [7, 11) is 0. The molecule has 0 bridgehead atoms. The molecule has 0 spiro atoms. The van der Waals surface area contributed by atoms with Crippen LogP contribution in [0.15, 0.2) is 47.0 Å². The third-order valence-corrected chi connectivity index (χ3v) is 5.52. The minimum absolute atomic E-state index is 0.197. The van der Waals surface area contributed by atoms with E-state index in [9.17, 15) is 9.18 Å². The van der Waals surface area contributed by atoms with Crippen LogP contribution < -0.4 is 10.6 Å². The number of furan rings is 1. The van der Waals surface area contributed by atoms with Gasteiger partial charge in [0.15, 0.2) is 10.9 Å². The molecule has 3 aromatic rings. The number of nitrogens with zero attached hydrogens (tertiary/aromatic N) is 1. The Balaban J connectivity index is 1.44. The molecule has 0 atom stereocenters. The van der Waals surface area contributed by atoms with Crippen molar-refractivity contribution in [3.8, 4) is 11.3 Å². The lowest BCUT2D eigenvalue weighted by Crippen LogP contribution is -2.26. The van der Waals surface area contributed by atoms with Crippen LogP contribution in [0, 0.1) is 5.82 Å². The molecular weight excluding hydrogens is 353 g/mol. The monoisotopic (exact) mass is 371 g/mol. The SMILES string of the molecule is O=C(Nc1ncc(C2CCNCC2)s1)c1ccc(-c2ccc(F)cc2)o1. The van der Waals surface area contributed by atoms with Crippen LogP contribution in [0.3, 0.4) is 0 Å². The molecule has 134 valence electrons. The van der Waals surface area contributed by atoms with Crippen molar-refractivity contribution in [1.82, 2.24) is 10.3 Å². The van der Waals surface area contributed by atoms with Crippen LogP contribution in [0.4, 0.5) is 9.52 Å². The molecule has 1 fully saturated rings. The number of carbonyl (C=O) groups is 1. The van der Waals surface area contributed by atoms with Gasteiger partial charge in [0.05, 0.1) is 0 Å². The second-order valence-corrected chi connectivity index (χ2v) is 7.28. The first-order valence-electron chi connectivity index (χ1n) is 8.52. The fourth-order valence-corrected chi connectivity index (χ4v) is 4.01. The molecule has 0 unspecified atom stereocenters. The summed E-state index contributed by atoms with van der Waals surface area (Å²) in [5, 5.41) is 6.71. The van der Waals surface area contributed by atoms with Gasteiger partial charge in [0, 0.05) is 16.6 Å². The number of rotatable bonds is 4. The molecule has 1 saturated heterocycles. The molecule has 7 heteroatoms. The van der Waals surface area contributed by atoms with Gasteiger partial charge in [0.1, 0.15) is 11.6 Å². The number of anilines is 1. The molecule has 0 aliphatic carbocycles. The number of thiazole rings is 1. The topological polar surface area (TPSA) is 67.2 Å². The Morgan fingerprint density at radius 2 is 1.96 bits per heavy atom. The number of piperidine rings is 1. The molecule has 4 rings (SSSR count). The third-order valence-electron chi connectivity index (χ3n) is 4.44. The quantitative estimate of drug-likeness (QED) is 0.719. The van der Waals surface area contributed by atoms with Crippen molar-refractivity contribution in [2.75, 3.05) is 18.4 Å². The van der Waals surface area contributed by atoms with Crippen LogP contribution in [-0.2, 0) is 0 Å². The molecule has 2 N–H and O–H groups in total. The van der Waals surface area contributed by atoms with Crippen molar-refractivity contribution in [2.45, 2.75) is 18.8 Å². The van der Waals surface area contributed by atoms with Gasteiger partial charge >= 0.3 is 0 Å². The largest absolute Gasteiger partial charge is 0.451 e. The first kappa shape index (κ1) is 16.9. The Morgan fingerprint density at radius 1 is 1.19 bits per heavy atom. The van der Waals surface area contributed by atoms with Gasteiger partial charge in [-0.3, -0.25) is 10.1 Å². The summed E-state index contributed by atoms with van der Waals surface area (Å²) >= 11 is 1.51. The summed E-state index contributed by atoms with van der Waals surface area (Å²) in [6.07, 6.45) is 4.03. The van der Waals surface area contributed by atoms with Gasteiger partial charge in [-0.1, -0.05) is 0 Å². The predicted octanol–water partition coefficient (Wildman–Crippen LogP) is 4.26. The minimum Gasteiger partial charge on any atom is -0.451 e. The maximum absolute atomic E-state index is 13.0. The van der Waals surface area contributed by atoms with Crippen LogP contribution >= 0.6 is 11.3 Å². The molecule has 0 saturated carbocycles. The average Bonchev–Trinajstić information content (AvgIpc) is 3.33. The predicted molar refractivity (Wildman–Crippen MR) is 99.0 cm³/mol. The number of amides is 1. The van der Waals surface area contributed by atoms with Crippen LogP contribution in [0.25, 0.3) is 11.3 Å². The number of nitrogens with one attached hydrogen (secondary N) is 2. The van der Waals surface area contributed by atoms with Crippen LogP contribution in [0.1, 0.15) is 34.2 Å². The lowest BCUT2D eigenvalue weighted by molar-refractivity contribution is 0.0997. The highest BCUT2D eigenvalue weighted by molar-refractivity contribution is 7.15. The summed E-state index contributed by atoms with van der Waals surface area (Å²) in [6.45, 7) is 2.03. The molecule has 1 aliphatic heterocycles. The fourth-order valence-electron chi connectivity index (χ4n) is 3.03. The third kappa shape index (κ3) is 3.68. The van der Waals surface area contributed by atoms with Gasteiger partial charge in [-0.15, -0.1) is 11.3 Å². The fraction of sp³-hybridized carbons (Fsp3) is 0.263. The number of aromatic nitrogens is 1. The van der Waals surface area contributed by atoms with Crippen molar-refractivity contribution >= 4 is 22.4 Å². The van der Waals surface area contributed by atoms with E-state index in [0.717, 1.165) is 25.9 Å². The Kier molecular flexibility index (Phi) is 4.81. The molecule has 1 aromatic carbocycles. The van der Waals surface area contributed by atoms with Gasteiger partial charge in [0.2, 0.25) is 0 Å². The number of carbonyl (C=O) groups excluding carboxylic acids is 1. The lowest BCUT2D eigenvalue weighted by atomic mass is 9.97. The highest BCUT2D eigenvalue weighted by Crippen LogP contribution is 2.32. The van der Waals surface area contributed by atoms with E-state index in [1.165, 1.54) is 28.3 Å². The first-order chi connectivity index (χ1) is 12.7. The smallest absolute Gasteiger partial charge is 0.293 e. The molecule has 5 nitrogen and oxygen atoms in total. The van der Waals surface area contributed by atoms with Crippen molar-refractivity contribution in [3.05, 3.63) is 59.0 Å². The molecule has 1 aliphatic rings. The van der Waals surface area contributed by atoms with Crippen molar-refractivity contribution in [3.63, 3.8) is 0 Å². The van der Waals surface area contributed by atoms with Gasteiger partial charge in [-0.2, -0.15) is 0 Å². The van der Waals surface area contributed by atoms with E-state index in [2.05, 4.69) is 15.6 Å². The van der Waals surface area contributed by atoms with E-state index < -0.39 is 0 Å². The molecule has 26 heavy (non-hydrogen) atoms. The lowest BCUT2D eigenvalue weighted by Gasteiger charge is -2.20. The number of halogens is 1. The second-order valence-electron chi connectivity index (χ2n) is 6.22. The Bertz CT molecular complexity index is 898. The van der Waals surface area contributed by atoms with Crippen LogP contribution in [0.5, 0.6) is 0 Å². The number of hydrogen-bond donors (Lipinski definition) is 2. The van der Waals surface area contributed by atoms with Crippen molar-refractivity contribution < 1.29 is 13.6 Å². The summed E-state index contributed by atoms with van der Waals surface area (Å²) in [5.41, 5.74) is 0.716. The Morgan fingerprint density at radius 3 is 2.73 bits per heavy atom. The maximum atomic E-state index is 13.0. The molecule has 2 aromatic heterocycles.